The Labute approximate surface area is 229 Å². The van der Waals surface area contributed by atoms with Gasteiger partial charge in [0.2, 0.25) is 5.91 Å². The van der Waals surface area contributed by atoms with Crippen LogP contribution in [0.15, 0.2) is 72.8 Å². The molecule has 208 valence electrons. The topological polar surface area (TPSA) is 91.0 Å². The fraction of sp³-hybridized carbons (Fsp3) is 0.207. The van der Waals surface area contributed by atoms with Crippen LogP contribution in [0, 0.1) is 0 Å². The molecule has 0 bridgehead atoms. The van der Waals surface area contributed by atoms with Gasteiger partial charge in [0.15, 0.2) is 6.61 Å². The number of nitrogens with one attached hydrogen (secondary N) is 2. The maximum Gasteiger partial charge on any atom is 0.422 e. The summed E-state index contributed by atoms with van der Waals surface area (Å²) in [6.45, 7) is -1.45. The van der Waals surface area contributed by atoms with Crippen molar-refractivity contribution >= 4 is 46.1 Å². The SMILES string of the molecule is CN(C)CC(=O)N(C)c1ccc(NC(=C2C(=O)Nc3cc(C(=O)OCC(F)(F)F)ccc32)c2ccccc2)cc1. The van der Waals surface area contributed by atoms with Crippen LogP contribution in [-0.4, -0.2) is 63.2 Å². The minimum Gasteiger partial charge on any atom is -0.452 e. The second-order valence-electron chi connectivity index (χ2n) is 9.38. The first kappa shape index (κ1) is 28.4. The molecule has 1 aliphatic rings. The van der Waals surface area contributed by atoms with Crippen LogP contribution < -0.4 is 15.5 Å². The van der Waals surface area contributed by atoms with E-state index in [0.29, 0.717) is 33.8 Å². The third kappa shape index (κ3) is 6.67. The van der Waals surface area contributed by atoms with Crippen molar-refractivity contribution in [1.82, 2.24) is 4.90 Å². The van der Waals surface area contributed by atoms with E-state index < -0.39 is 24.7 Å². The first-order valence-corrected chi connectivity index (χ1v) is 12.2. The average molecular weight is 553 g/mol. The van der Waals surface area contributed by atoms with Crippen LogP contribution in [0.1, 0.15) is 21.5 Å². The number of amides is 2. The summed E-state index contributed by atoms with van der Waals surface area (Å²) in [6, 6.07) is 20.4. The number of esters is 1. The molecule has 0 aromatic heterocycles. The normalized spacial score (nSPS) is 13.9. The molecule has 1 aliphatic heterocycles. The number of fused-ring (bicyclic) bond motifs is 1. The Morgan fingerprint density at radius 2 is 1.60 bits per heavy atom. The van der Waals surface area contributed by atoms with Crippen LogP contribution in [-0.2, 0) is 14.3 Å². The molecular formula is C29H27F3N4O4. The highest BCUT2D eigenvalue weighted by molar-refractivity contribution is 6.37. The van der Waals surface area contributed by atoms with Crippen molar-refractivity contribution in [2.24, 2.45) is 0 Å². The Morgan fingerprint density at radius 3 is 2.23 bits per heavy atom. The zero-order chi connectivity index (χ0) is 29.0. The molecule has 0 aliphatic carbocycles. The molecule has 0 saturated carbocycles. The lowest BCUT2D eigenvalue weighted by Crippen LogP contribution is -2.34. The molecule has 0 spiro atoms. The zero-order valence-corrected chi connectivity index (χ0v) is 22.0. The molecule has 0 saturated heterocycles. The van der Waals surface area contributed by atoms with E-state index in [9.17, 15) is 27.6 Å². The lowest BCUT2D eigenvalue weighted by Gasteiger charge is -2.20. The van der Waals surface area contributed by atoms with E-state index in [2.05, 4.69) is 15.4 Å². The second kappa shape index (κ2) is 11.6. The van der Waals surface area contributed by atoms with Crippen molar-refractivity contribution in [3.05, 3.63) is 89.5 Å². The predicted octanol–water partition coefficient (Wildman–Crippen LogP) is 4.86. The van der Waals surface area contributed by atoms with Gasteiger partial charge < -0.3 is 25.2 Å². The Hall–Kier alpha value is -4.64. The van der Waals surface area contributed by atoms with E-state index >= 15 is 0 Å². The van der Waals surface area contributed by atoms with Gasteiger partial charge in [0, 0.05) is 24.0 Å². The van der Waals surface area contributed by atoms with E-state index in [1.165, 1.54) is 18.2 Å². The molecule has 8 nitrogen and oxygen atoms in total. The van der Waals surface area contributed by atoms with E-state index in [0.717, 1.165) is 0 Å². The van der Waals surface area contributed by atoms with Crippen molar-refractivity contribution in [3.8, 4) is 0 Å². The Kier molecular flexibility index (Phi) is 8.24. The number of hydrogen-bond donors (Lipinski definition) is 2. The molecule has 3 aromatic rings. The van der Waals surface area contributed by atoms with E-state index in [1.54, 1.807) is 41.1 Å². The minimum atomic E-state index is -4.65. The number of carbonyl (C=O) groups is 3. The number of alkyl halides is 3. The Bertz CT molecular complexity index is 1450. The number of rotatable bonds is 8. The summed E-state index contributed by atoms with van der Waals surface area (Å²) in [4.78, 5) is 41.0. The van der Waals surface area contributed by atoms with Gasteiger partial charge in [-0.3, -0.25) is 9.59 Å². The maximum absolute atomic E-state index is 13.2. The smallest absolute Gasteiger partial charge is 0.422 e. The van der Waals surface area contributed by atoms with Gasteiger partial charge in [-0.1, -0.05) is 36.4 Å². The van der Waals surface area contributed by atoms with Gasteiger partial charge in [-0.2, -0.15) is 13.2 Å². The molecule has 3 aromatic carbocycles. The fourth-order valence-electron chi connectivity index (χ4n) is 4.10. The van der Waals surface area contributed by atoms with Gasteiger partial charge in [0.1, 0.15) is 0 Å². The molecule has 1 heterocycles. The number of ether oxygens (including phenoxy) is 1. The average Bonchev–Trinajstić information content (AvgIpc) is 3.24. The van der Waals surface area contributed by atoms with Crippen molar-refractivity contribution in [2.45, 2.75) is 6.18 Å². The van der Waals surface area contributed by atoms with Crippen LogP contribution in [0.3, 0.4) is 0 Å². The van der Waals surface area contributed by atoms with Crippen LogP contribution in [0.25, 0.3) is 11.3 Å². The monoisotopic (exact) mass is 552 g/mol. The third-order valence-corrected chi connectivity index (χ3v) is 6.03. The van der Waals surface area contributed by atoms with E-state index in [-0.39, 0.29) is 23.7 Å². The Balaban J connectivity index is 1.66. The molecule has 11 heteroatoms. The quantitative estimate of drug-likeness (QED) is 0.306. The first-order chi connectivity index (χ1) is 18.9. The number of anilines is 3. The molecule has 2 amide bonds. The molecule has 0 atom stereocenters. The summed E-state index contributed by atoms with van der Waals surface area (Å²) in [6.07, 6.45) is -4.65. The molecule has 4 rings (SSSR count). The minimum absolute atomic E-state index is 0.0707. The molecular weight excluding hydrogens is 525 g/mol. The van der Waals surface area contributed by atoms with Gasteiger partial charge in [-0.05, 0) is 56.1 Å². The molecule has 0 radical (unpaired) electrons. The predicted molar refractivity (Wildman–Crippen MR) is 147 cm³/mol. The van der Waals surface area contributed by atoms with Crippen LogP contribution in [0.2, 0.25) is 0 Å². The van der Waals surface area contributed by atoms with Crippen molar-refractivity contribution < 1.29 is 32.3 Å². The summed E-state index contributed by atoms with van der Waals surface area (Å²) in [5, 5.41) is 5.99. The number of carbonyl (C=O) groups excluding carboxylic acids is 3. The van der Waals surface area contributed by atoms with Gasteiger partial charge in [-0.15, -0.1) is 0 Å². The number of benzene rings is 3. The summed E-state index contributed by atoms with van der Waals surface area (Å²) >= 11 is 0. The van der Waals surface area contributed by atoms with Crippen molar-refractivity contribution in [1.29, 1.82) is 0 Å². The van der Waals surface area contributed by atoms with Gasteiger partial charge in [0.25, 0.3) is 5.91 Å². The van der Waals surface area contributed by atoms with Crippen molar-refractivity contribution in [3.63, 3.8) is 0 Å². The molecule has 40 heavy (non-hydrogen) atoms. The summed E-state index contributed by atoms with van der Waals surface area (Å²) in [5.41, 5.74) is 3.44. The maximum atomic E-state index is 13.2. The molecule has 2 N–H and O–H groups in total. The lowest BCUT2D eigenvalue weighted by molar-refractivity contribution is -0.161. The van der Waals surface area contributed by atoms with Crippen LogP contribution in [0.5, 0.6) is 0 Å². The summed E-state index contributed by atoms with van der Waals surface area (Å²) in [5.74, 6) is -1.67. The van der Waals surface area contributed by atoms with E-state index in [1.807, 2.05) is 44.4 Å². The third-order valence-electron chi connectivity index (χ3n) is 6.03. The number of nitrogens with zero attached hydrogens (tertiary/aromatic N) is 2. The highest BCUT2D eigenvalue weighted by Crippen LogP contribution is 2.38. The second-order valence-corrected chi connectivity index (χ2v) is 9.38. The number of halogens is 3. The summed E-state index contributed by atoms with van der Waals surface area (Å²) < 4.78 is 41.7. The Morgan fingerprint density at radius 1 is 0.925 bits per heavy atom. The van der Waals surface area contributed by atoms with Crippen LogP contribution in [0.4, 0.5) is 30.2 Å². The number of likely N-dealkylation sites (N-methyl/N-ethyl adjacent to an activating group) is 2. The summed E-state index contributed by atoms with van der Waals surface area (Å²) in [7, 11) is 5.32. The standard InChI is InChI=1S/C29H27F3N4O4/c1-35(2)16-24(37)36(3)21-12-10-20(11-13-21)33-26(18-7-5-4-6-8-18)25-22-14-9-19(15-23(22)34-27(25)38)28(39)40-17-29(30,31)32/h4-15,33H,16-17H2,1-3H3,(H,34,38). The lowest BCUT2D eigenvalue weighted by atomic mass is 9.99. The molecule has 0 fully saturated rings. The van der Waals surface area contributed by atoms with Gasteiger partial charge in [0.05, 0.1) is 29.1 Å². The van der Waals surface area contributed by atoms with Crippen molar-refractivity contribution in [2.75, 3.05) is 49.8 Å². The zero-order valence-electron chi connectivity index (χ0n) is 22.0. The van der Waals surface area contributed by atoms with E-state index in [4.69, 9.17) is 0 Å². The first-order valence-electron chi connectivity index (χ1n) is 12.2. The van der Waals surface area contributed by atoms with Crippen LogP contribution >= 0.6 is 0 Å². The molecule has 0 unspecified atom stereocenters. The number of hydrogen-bond acceptors (Lipinski definition) is 6. The largest absolute Gasteiger partial charge is 0.452 e. The van der Waals surface area contributed by atoms with Gasteiger partial charge >= 0.3 is 12.1 Å². The van der Waals surface area contributed by atoms with Gasteiger partial charge in [-0.25, -0.2) is 4.79 Å². The highest BCUT2D eigenvalue weighted by atomic mass is 19.4. The fourth-order valence-corrected chi connectivity index (χ4v) is 4.10. The highest BCUT2D eigenvalue weighted by Gasteiger charge is 2.32.